The van der Waals surface area contributed by atoms with Crippen LogP contribution in [0.1, 0.15) is 40.0 Å². The monoisotopic (exact) mass is 236 g/mol. The van der Waals surface area contributed by atoms with Gasteiger partial charge in [-0.25, -0.2) is 19.6 Å². The van der Waals surface area contributed by atoms with E-state index in [2.05, 4.69) is 23.8 Å². The summed E-state index contributed by atoms with van der Waals surface area (Å²) in [7, 11) is 0. The molecule has 1 aliphatic rings. The molecule has 0 aromatic rings. The highest BCUT2D eigenvalue weighted by molar-refractivity contribution is 5.35. The molecule has 0 aromatic carbocycles. The fourth-order valence-electron chi connectivity index (χ4n) is 3.15. The van der Waals surface area contributed by atoms with Crippen LogP contribution in [-0.2, 0) is 9.59 Å². The minimum absolute atomic E-state index is 0.0534. The van der Waals surface area contributed by atoms with Gasteiger partial charge in [0.25, 0.3) is 0 Å². The lowest BCUT2D eigenvalue weighted by Gasteiger charge is -2.41. The first kappa shape index (κ1) is 13.8. The third-order valence-electron chi connectivity index (χ3n) is 4.15. The van der Waals surface area contributed by atoms with Crippen LogP contribution in [0.15, 0.2) is 9.98 Å². The highest BCUT2D eigenvalue weighted by Gasteiger charge is 2.41. The molecule has 0 amide bonds. The van der Waals surface area contributed by atoms with Gasteiger partial charge in [0.15, 0.2) is 0 Å². The lowest BCUT2D eigenvalue weighted by Crippen LogP contribution is -2.43. The third-order valence-corrected chi connectivity index (χ3v) is 4.15. The van der Waals surface area contributed by atoms with Crippen LogP contribution in [0.5, 0.6) is 0 Å². The van der Waals surface area contributed by atoms with Gasteiger partial charge in [-0.2, -0.15) is 0 Å². The Balaban J connectivity index is 3.01. The zero-order valence-corrected chi connectivity index (χ0v) is 10.7. The molecule has 0 aliphatic heterocycles. The number of nitrogens with zero attached hydrogens (tertiary/aromatic N) is 2. The summed E-state index contributed by atoms with van der Waals surface area (Å²) >= 11 is 0. The molecular formula is C13H20N2O2. The Hall–Kier alpha value is -1.24. The number of isocyanates is 2. The van der Waals surface area contributed by atoms with E-state index >= 15 is 0 Å². The maximum atomic E-state index is 10.5. The highest BCUT2D eigenvalue weighted by atomic mass is 16.1. The number of carbonyl (C=O) groups excluding carboxylic acids is 2. The van der Waals surface area contributed by atoms with Gasteiger partial charge in [0, 0.05) is 5.92 Å². The average molecular weight is 236 g/mol. The van der Waals surface area contributed by atoms with Gasteiger partial charge >= 0.3 is 0 Å². The number of rotatable bonds is 4. The molecule has 4 heteroatoms. The van der Waals surface area contributed by atoms with E-state index in [1.807, 2.05) is 6.92 Å². The first-order valence-electron chi connectivity index (χ1n) is 6.33. The largest absolute Gasteiger partial charge is 0.235 e. The van der Waals surface area contributed by atoms with E-state index < -0.39 is 0 Å². The molecular weight excluding hydrogens is 216 g/mol. The molecule has 94 valence electrons. The summed E-state index contributed by atoms with van der Waals surface area (Å²) in [6.45, 7) is 6.26. The van der Waals surface area contributed by atoms with Gasteiger partial charge in [-0.05, 0) is 18.3 Å². The van der Waals surface area contributed by atoms with Crippen molar-refractivity contribution in [3.8, 4) is 0 Å². The number of hydrogen-bond donors (Lipinski definition) is 0. The van der Waals surface area contributed by atoms with Crippen LogP contribution in [0.25, 0.3) is 0 Å². The Morgan fingerprint density at radius 1 is 1.12 bits per heavy atom. The fraction of sp³-hybridized carbons (Fsp3) is 0.846. The van der Waals surface area contributed by atoms with Gasteiger partial charge in [0.05, 0.1) is 12.1 Å². The molecule has 0 saturated heterocycles. The summed E-state index contributed by atoms with van der Waals surface area (Å²) in [6.07, 6.45) is 6.24. The summed E-state index contributed by atoms with van der Waals surface area (Å²) in [5.74, 6) is 0.987. The molecule has 0 N–H and O–H groups in total. The summed E-state index contributed by atoms with van der Waals surface area (Å²) in [5, 5.41) is 0. The quantitative estimate of drug-likeness (QED) is 0.556. The fourth-order valence-corrected chi connectivity index (χ4v) is 3.15. The molecule has 0 aromatic heterocycles. The van der Waals surface area contributed by atoms with Crippen molar-refractivity contribution >= 4 is 12.2 Å². The minimum Gasteiger partial charge on any atom is -0.211 e. The Morgan fingerprint density at radius 2 is 1.76 bits per heavy atom. The second-order valence-electron chi connectivity index (χ2n) is 4.83. The Morgan fingerprint density at radius 3 is 2.24 bits per heavy atom. The predicted molar refractivity (Wildman–Crippen MR) is 65.2 cm³/mol. The van der Waals surface area contributed by atoms with Crippen LogP contribution in [0, 0.1) is 17.8 Å². The molecule has 5 atom stereocenters. The molecule has 1 saturated carbocycles. The van der Waals surface area contributed by atoms with Crippen molar-refractivity contribution in [1.82, 2.24) is 0 Å². The van der Waals surface area contributed by atoms with E-state index in [1.165, 1.54) is 0 Å². The van der Waals surface area contributed by atoms with Crippen molar-refractivity contribution in [2.24, 2.45) is 27.7 Å². The number of aliphatic imine (C=N–C) groups is 2. The summed E-state index contributed by atoms with van der Waals surface area (Å²) in [5.41, 5.74) is 0. The van der Waals surface area contributed by atoms with Crippen molar-refractivity contribution in [3.05, 3.63) is 0 Å². The van der Waals surface area contributed by atoms with Gasteiger partial charge < -0.3 is 0 Å². The SMILES string of the molecule is CCC1CC(N=C=O)C(C)C(N=C=O)C1CC. The van der Waals surface area contributed by atoms with Gasteiger partial charge in [-0.15, -0.1) is 0 Å². The molecule has 5 unspecified atom stereocenters. The van der Waals surface area contributed by atoms with Crippen molar-refractivity contribution < 1.29 is 9.59 Å². The maximum Gasteiger partial charge on any atom is 0.235 e. The van der Waals surface area contributed by atoms with Crippen molar-refractivity contribution in [2.45, 2.75) is 52.1 Å². The number of hydrogen-bond acceptors (Lipinski definition) is 4. The van der Waals surface area contributed by atoms with E-state index in [1.54, 1.807) is 12.2 Å². The second kappa shape index (κ2) is 6.48. The maximum absolute atomic E-state index is 10.5. The van der Waals surface area contributed by atoms with E-state index in [-0.39, 0.29) is 18.0 Å². The minimum atomic E-state index is -0.0571. The Kier molecular flexibility index (Phi) is 5.27. The highest BCUT2D eigenvalue weighted by Crippen LogP contribution is 2.40. The van der Waals surface area contributed by atoms with Crippen LogP contribution in [0.4, 0.5) is 0 Å². The molecule has 1 rings (SSSR count). The molecule has 0 bridgehead atoms. The molecule has 17 heavy (non-hydrogen) atoms. The van der Waals surface area contributed by atoms with E-state index in [9.17, 15) is 9.59 Å². The van der Waals surface area contributed by atoms with Crippen LogP contribution in [-0.4, -0.2) is 24.2 Å². The van der Waals surface area contributed by atoms with E-state index in [4.69, 9.17) is 0 Å². The molecule has 0 heterocycles. The van der Waals surface area contributed by atoms with Crippen molar-refractivity contribution in [2.75, 3.05) is 0 Å². The zero-order valence-electron chi connectivity index (χ0n) is 10.7. The van der Waals surface area contributed by atoms with Gasteiger partial charge in [-0.3, -0.25) is 0 Å². The second-order valence-corrected chi connectivity index (χ2v) is 4.83. The van der Waals surface area contributed by atoms with Gasteiger partial charge in [0.2, 0.25) is 12.2 Å². The lowest BCUT2D eigenvalue weighted by atomic mass is 9.67. The predicted octanol–water partition coefficient (Wildman–Crippen LogP) is 2.49. The smallest absolute Gasteiger partial charge is 0.211 e. The Bertz CT molecular complexity index is 343. The molecule has 0 radical (unpaired) electrons. The van der Waals surface area contributed by atoms with Gasteiger partial charge in [-0.1, -0.05) is 33.6 Å². The first-order valence-corrected chi connectivity index (χ1v) is 6.33. The van der Waals surface area contributed by atoms with Crippen LogP contribution in [0.2, 0.25) is 0 Å². The topological polar surface area (TPSA) is 58.9 Å². The molecule has 1 fully saturated rings. The zero-order chi connectivity index (χ0) is 12.8. The summed E-state index contributed by atoms with van der Waals surface area (Å²) < 4.78 is 0. The standard InChI is InChI=1S/C13H20N2O2/c1-4-10-6-12(14-7-16)9(3)13(15-8-17)11(10)5-2/h9-13H,4-6H2,1-3H3. The van der Waals surface area contributed by atoms with Crippen LogP contribution >= 0.6 is 0 Å². The average Bonchev–Trinajstić information content (AvgIpc) is 2.34. The van der Waals surface area contributed by atoms with Crippen molar-refractivity contribution in [3.63, 3.8) is 0 Å². The van der Waals surface area contributed by atoms with Crippen LogP contribution < -0.4 is 0 Å². The van der Waals surface area contributed by atoms with Crippen LogP contribution in [0.3, 0.4) is 0 Å². The normalized spacial score (nSPS) is 36.8. The van der Waals surface area contributed by atoms with Gasteiger partial charge in [0.1, 0.15) is 0 Å². The molecule has 0 spiro atoms. The molecule has 1 aliphatic carbocycles. The lowest BCUT2D eigenvalue weighted by molar-refractivity contribution is 0.127. The van der Waals surface area contributed by atoms with Crippen molar-refractivity contribution in [1.29, 1.82) is 0 Å². The molecule has 4 nitrogen and oxygen atoms in total. The third kappa shape index (κ3) is 2.91. The Labute approximate surface area is 102 Å². The first-order chi connectivity index (χ1) is 8.19. The summed E-state index contributed by atoms with van der Waals surface area (Å²) in [4.78, 5) is 28.8. The van der Waals surface area contributed by atoms with E-state index in [0.29, 0.717) is 11.8 Å². The van der Waals surface area contributed by atoms with E-state index in [0.717, 1.165) is 19.3 Å². The summed E-state index contributed by atoms with van der Waals surface area (Å²) in [6, 6.07) is -0.111.